The van der Waals surface area contributed by atoms with Crippen LogP contribution in [-0.2, 0) is 9.59 Å². The molecule has 0 aromatic carbocycles. The quantitative estimate of drug-likeness (QED) is 0.614. The van der Waals surface area contributed by atoms with Crippen LogP contribution < -0.4 is 0 Å². The van der Waals surface area contributed by atoms with Gasteiger partial charge in [-0.2, -0.15) is 0 Å². The maximum atomic E-state index is 10.5. The Bertz CT molecular complexity index is 158. The Morgan fingerprint density at radius 2 is 1.42 bits per heavy atom. The standard InChI is InChI=1S/C8H14O4/c1-3-5(4-2)6(7(9)10)8(11)12/h5-6H,3-4H2,1-2H3,(H,9,10)(H,11,12). The van der Waals surface area contributed by atoms with Crippen LogP contribution in [-0.4, -0.2) is 22.2 Å². The molecule has 0 saturated heterocycles. The van der Waals surface area contributed by atoms with Gasteiger partial charge in [-0.25, -0.2) is 0 Å². The largest absolute Gasteiger partial charge is 0.481 e. The second kappa shape index (κ2) is 4.74. The maximum Gasteiger partial charge on any atom is 0.318 e. The Labute approximate surface area is 71.2 Å². The van der Waals surface area contributed by atoms with Gasteiger partial charge in [0.25, 0.3) is 0 Å². The Hall–Kier alpha value is -1.06. The van der Waals surface area contributed by atoms with Crippen molar-refractivity contribution < 1.29 is 19.8 Å². The number of carboxylic acids is 2. The molecule has 4 heteroatoms. The van der Waals surface area contributed by atoms with Gasteiger partial charge in [0.05, 0.1) is 0 Å². The SMILES string of the molecule is CCC(CC)C(C(=O)O)C(=O)O. The van der Waals surface area contributed by atoms with E-state index in [1.807, 2.05) is 0 Å². The molecule has 0 rings (SSSR count). The molecule has 2 N–H and O–H groups in total. The third-order valence-corrected chi connectivity index (χ3v) is 2.05. The summed E-state index contributed by atoms with van der Waals surface area (Å²) < 4.78 is 0. The predicted octanol–water partition coefficient (Wildman–Crippen LogP) is 1.21. The average molecular weight is 174 g/mol. The minimum Gasteiger partial charge on any atom is -0.481 e. The van der Waals surface area contributed by atoms with Crippen molar-refractivity contribution in [3.8, 4) is 0 Å². The molecule has 0 aliphatic rings. The number of aliphatic carboxylic acids is 2. The molecule has 0 spiro atoms. The topological polar surface area (TPSA) is 74.6 Å². The van der Waals surface area contributed by atoms with Gasteiger partial charge in [-0.05, 0) is 5.92 Å². The molecule has 0 amide bonds. The predicted molar refractivity (Wildman–Crippen MR) is 42.8 cm³/mol. The van der Waals surface area contributed by atoms with Crippen molar-refractivity contribution >= 4 is 11.9 Å². The minimum atomic E-state index is -1.25. The van der Waals surface area contributed by atoms with Crippen molar-refractivity contribution in [1.29, 1.82) is 0 Å². The van der Waals surface area contributed by atoms with Gasteiger partial charge in [0.2, 0.25) is 0 Å². The molecular formula is C8H14O4. The van der Waals surface area contributed by atoms with E-state index < -0.39 is 17.9 Å². The number of carbonyl (C=O) groups is 2. The summed E-state index contributed by atoms with van der Waals surface area (Å²) in [6.07, 6.45) is 1.17. The zero-order chi connectivity index (χ0) is 9.72. The van der Waals surface area contributed by atoms with Crippen LogP contribution in [0.2, 0.25) is 0 Å². The molecule has 4 nitrogen and oxygen atoms in total. The van der Waals surface area contributed by atoms with E-state index in [1.54, 1.807) is 13.8 Å². The molecule has 0 aromatic heterocycles. The molecule has 0 aliphatic carbocycles. The van der Waals surface area contributed by atoms with Crippen LogP contribution in [0.5, 0.6) is 0 Å². The van der Waals surface area contributed by atoms with Gasteiger partial charge in [0.15, 0.2) is 5.92 Å². The lowest BCUT2D eigenvalue weighted by Gasteiger charge is -2.16. The van der Waals surface area contributed by atoms with Gasteiger partial charge in [-0.1, -0.05) is 26.7 Å². The fourth-order valence-corrected chi connectivity index (χ4v) is 1.27. The van der Waals surface area contributed by atoms with Gasteiger partial charge < -0.3 is 10.2 Å². The van der Waals surface area contributed by atoms with Crippen molar-refractivity contribution in [2.45, 2.75) is 26.7 Å². The molecular weight excluding hydrogens is 160 g/mol. The molecule has 0 fully saturated rings. The van der Waals surface area contributed by atoms with Crippen LogP contribution in [0, 0.1) is 11.8 Å². The summed E-state index contributed by atoms with van der Waals surface area (Å²) >= 11 is 0. The first-order valence-electron chi connectivity index (χ1n) is 4.00. The average Bonchev–Trinajstić information content (AvgIpc) is 1.98. The Morgan fingerprint density at radius 1 is 1.08 bits per heavy atom. The van der Waals surface area contributed by atoms with Crippen molar-refractivity contribution in [2.75, 3.05) is 0 Å². The third kappa shape index (κ3) is 2.53. The van der Waals surface area contributed by atoms with E-state index in [0.717, 1.165) is 0 Å². The van der Waals surface area contributed by atoms with Crippen molar-refractivity contribution in [2.24, 2.45) is 11.8 Å². The summed E-state index contributed by atoms with van der Waals surface area (Å²) in [4.78, 5) is 21.0. The zero-order valence-electron chi connectivity index (χ0n) is 7.28. The Morgan fingerprint density at radius 3 is 1.50 bits per heavy atom. The summed E-state index contributed by atoms with van der Waals surface area (Å²) in [7, 11) is 0. The summed E-state index contributed by atoms with van der Waals surface area (Å²) in [5, 5.41) is 17.2. The minimum absolute atomic E-state index is 0.264. The monoisotopic (exact) mass is 174 g/mol. The van der Waals surface area contributed by atoms with Gasteiger partial charge in [0, 0.05) is 0 Å². The summed E-state index contributed by atoms with van der Waals surface area (Å²) in [5.74, 6) is -3.99. The highest BCUT2D eigenvalue weighted by molar-refractivity contribution is 5.93. The second-order valence-electron chi connectivity index (χ2n) is 2.73. The van der Waals surface area contributed by atoms with Crippen molar-refractivity contribution in [1.82, 2.24) is 0 Å². The molecule has 12 heavy (non-hydrogen) atoms. The fourth-order valence-electron chi connectivity index (χ4n) is 1.27. The highest BCUT2D eigenvalue weighted by atomic mass is 16.4. The molecule has 0 unspecified atom stereocenters. The Kier molecular flexibility index (Phi) is 4.33. The van der Waals surface area contributed by atoms with Crippen molar-refractivity contribution in [3.63, 3.8) is 0 Å². The normalized spacial score (nSPS) is 10.7. The van der Waals surface area contributed by atoms with E-state index in [9.17, 15) is 9.59 Å². The maximum absolute atomic E-state index is 10.5. The van der Waals surface area contributed by atoms with Crippen LogP contribution in [0.15, 0.2) is 0 Å². The van der Waals surface area contributed by atoms with Crippen LogP contribution in [0.3, 0.4) is 0 Å². The number of rotatable bonds is 5. The first kappa shape index (κ1) is 10.9. The van der Waals surface area contributed by atoms with Gasteiger partial charge in [0.1, 0.15) is 0 Å². The lowest BCUT2D eigenvalue weighted by molar-refractivity contribution is -0.157. The zero-order valence-corrected chi connectivity index (χ0v) is 7.28. The molecule has 0 bridgehead atoms. The fraction of sp³-hybridized carbons (Fsp3) is 0.750. The van der Waals surface area contributed by atoms with E-state index in [0.29, 0.717) is 12.8 Å². The number of hydrogen-bond acceptors (Lipinski definition) is 2. The van der Waals surface area contributed by atoms with Crippen LogP contribution in [0.25, 0.3) is 0 Å². The molecule has 70 valence electrons. The van der Waals surface area contributed by atoms with E-state index >= 15 is 0 Å². The molecule has 0 aliphatic heterocycles. The smallest absolute Gasteiger partial charge is 0.318 e. The Balaban J connectivity index is 4.47. The van der Waals surface area contributed by atoms with Gasteiger partial charge in [-0.3, -0.25) is 9.59 Å². The molecule has 0 radical (unpaired) electrons. The molecule has 0 saturated carbocycles. The molecule has 0 aromatic rings. The van der Waals surface area contributed by atoms with E-state index in [1.165, 1.54) is 0 Å². The van der Waals surface area contributed by atoms with Gasteiger partial charge >= 0.3 is 11.9 Å². The summed E-state index contributed by atoms with van der Waals surface area (Å²) in [6.45, 7) is 3.60. The number of hydrogen-bond donors (Lipinski definition) is 2. The van der Waals surface area contributed by atoms with E-state index in [-0.39, 0.29) is 5.92 Å². The van der Waals surface area contributed by atoms with E-state index in [4.69, 9.17) is 10.2 Å². The summed E-state index contributed by atoms with van der Waals surface area (Å²) in [5.41, 5.74) is 0. The lowest BCUT2D eigenvalue weighted by Crippen LogP contribution is -2.30. The van der Waals surface area contributed by atoms with Crippen LogP contribution in [0.1, 0.15) is 26.7 Å². The van der Waals surface area contributed by atoms with Crippen molar-refractivity contribution in [3.05, 3.63) is 0 Å². The lowest BCUT2D eigenvalue weighted by atomic mass is 9.88. The summed E-state index contributed by atoms with van der Waals surface area (Å²) in [6, 6.07) is 0. The highest BCUT2D eigenvalue weighted by Gasteiger charge is 2.32. The molecule has 0 atom stereocenters. The van der Waals surface area contributed by atoms with Crippen LogP contribution >= 0.6 is 0 Å². The van der Waals surface area contributed by atoms with E-state index in [2.05, 4.69) is 0 Å². The molecule has 0 heterocycles. The second-order valence-corrected chi connectivity index (χ2v) is 2.73. The highest BCUT2D eigenvalue weighted by Crippen LogP contribution is 2.19. The van der Waals surface area contributed by atoms with Gasteiger partial charge in [-0.15, -0.1) is 0 Å². The van der Waals surface area contributed by atoms with Crippen LogP contribution in [0.4, 0.5) is 0 Å². The number of carboxylic acid groups (broad SMARTS) is 2. The first-order valence-corrected chi connectivity index (χ1v) is 4.00. The third-order valence-electron chi connectivity index (χ3n) is 2.05. The first-order chi connectivity index (χ1) is 5.54.